The largest absolute Gasteiger partial charge is 0.480 e. The van der Waals surface area contributed by atoms with Crippen molar-refractivity contribution >= 4 is 21.7 Å². The first-order chi connectivity index (χ1) is 19.9. The van der Waals surface area contributed by atoms with E-state index in [1.54, 1.807) is 12.1 Å². The Kier molecular flexibility index (Phi) is 11.9. The Morgan fingerprint density at radius 3 is 2.43 bits per heavy atom. The Hall–Kier alpha value is -3.47. The van der Waals surface area contributed by atoms with Crippen LogP contribution in [0.25, 0.3) is 11.1 Å². The van der Waals surface area contributed by atoms with Crippen molar-refractivity contribution in [3.05, 3.63) is 82.8 Å². The van der Waals surface area contributed by atoms with Crippen LogP contribution in [0.2, 0.25) is 0 Å². The van der Waals surface area contributed by atoms with Crippen LogP contribution in [-0.2, 0) is 32.5 Å². The topological polar surface area (TPSA) is 126 Å². The smallest absolute Gasteiger partial charge is 0.326 e. The number of nitrogens with zero attached hydrogens (tertiary/aromatic N) is 1. The molecule has 2 N–H and O–H groups in total. The molecule has 3 aromatic rings. The molecular formula is C32H42N2O7S. The predicted octanol–water partition coefficient (Wildman–Crippen LogP) is 5.38. The van der Waals surface area contributed by atoms with Gasteiger partial charge in [-0.1, -0.05) is 50.1 Å². The van der Waals surface area contributed by atoms with Crippen LogP contribution >= 0.6 is 0 Å². The number of carbonyl (C=O) groups is 2. The van der Waals surface area contributed by atoms with Crippen molar-refractivity contribution in [3.8, 4) is 11.1 Å². The Morgan fingerprint density at radius 1 is 1.05 bits per heavy atom. The first kappa shape index (κ1) is 33.0. The van der Waals surface area contributed by atoms with E-state index in [9.17, 15) is 23.1 Å². The number of ether oxygens (including phenoxy) is 1. The monoisotopic (exact) mass is 598 g/mol. The van der Waals surface area contributed by atoms with E-state index in [0.29, 0.717) is 17.7 Å². The summed E-state index contributed by atoms with van der Waals surface area (Å²) in [6, 6.07) is 15.6. The van der Waals surface area contributed by atoms with Gasteiger partial charge in [0.25, 0.3) is 5.91 Å². The normalized spacial score (nSPS) is 13.2. The number of aliphatic carboxylic acids is 1. The molecule has 0 bridgehead atoms. The van der Waals surface area contributed by atoms with Crippen LogP contribution in [0.5, 0.6) is 0 Å². The van der Waals surface area contributed by atoms with Crippen molar-refractivity contribution in [1.82, 2.24) is 10.2 Å². The molecule has 1 heterocycles. The van der Waals surface area contributed by atoms with E-state index < -0.39 is 27.8 Å². The van der Waals surface area contributed by atoms with Crippen molar-refractivity contribution in [1.29, 1.82) is 0 Å². The number of benzene rings is 2. The zero-order valence-corrected chi connectivity index (χ0v) is 25.9. The number of amides is 1. The summed E-state index contributed by atoms with van der Waals surface area (Å²) in [4.78, 5) is 27.2. The highest BCUT2D eigenvalue weighted by Gasteiger charge is 2.25. The molecule has 0 radical (unpaired) electrons. The van der Waals surface area contributed by atoms with Crippen molar-refractivity contribution in [2.45, 2.75) is 64.8 Å². The summed E-state index contributed by atoms with van der Waals surface area (Å²) < 4.78 is 35.7. The highest BCUT2D eigenvalue weighted by atomic mass is 32.2. The average molecular weight is 599 g/mol. The van der Waals surface area contributed by atoms with Gasteiger partial charge in [-0.05, 0) is 80.4 Å². The number of aryl methyl sites for hydroxylation is 1. The van der Waals surface area contributed by atoms with Crippen LogP contribution in [0.15, 0.2) is 59.0 Å². The molecule has 1 amide bonds. The molecule has 10 heteroatoms. The van der Waals surface area contributed by atoms with Gasteiger partial charge in [-0.15, -0.1) is 0 Å². The number of unbranched alkanes of at least 4 members (excludes halogenated alkanes) is 1. The molecule has 42 heavy (non-hydrogen) atoms. The molecule has 2 aromatic carbocycles. The molecule has 0 unspecified atom stereocenters. The lowest BCUT2D eigenvalue weighted by molar-refractivity contribution is -0.139. The molecule has 0 fully saturated rings. The Balaban J connectivity index is 1.89. The molecule has 9 nitrogen and oxygen atoms in total. The van der Waals surface area contributed by atoms with E-state index in [1.807, 2.05) is 68.4 Å². The van der Waals surface area contributed by atoms with Gasteiger partial charge in [-0.2, -0.15) is 0 Å². The fourth-order valence-electron chi connectivity index (χ4n) is 4.66. The summed E-state index contributed by atoms with van der Waals surface area (Å²) in [5, 5.41) is 12.1. The van der Waals surface area contributed by atoms with Crippen LogP contribution in [0, 0.1) is 6.92 Å². The van der Waals surface area contributed by atoms with Crippen LogP contribution in [-0.4, -0.2) is 62.4 Å². The van der Waals surface area contributed by atoms with Gasteiger partial charge in [0.15, 0.2) is 0 Å². The molecule has 0 aliphatic rings. The molecule has 0 spiro atoms. The molecule has 0 aliphatic carbocycles. The number of hydrogen-bond acceptors (Lipinski definition) is 7. The Labute approximate surface area is 248 Å². The standard InChI is InChI=1S/C32H42N2O7S/c1-6-7-12-29(30-16-14-24(41-30)20-34(3)4)40-21-23-13-15-26(27(19-23)25-11-9-8-10-22(25)2)31(35)33-28(32(36)37)17-18-42(5,38)39/h8-11,13-16,19,28-29H,6-7,12,17-18,20-21H2,1-5H3,(H,33,35)(H,36,37)/t28-,29-/m0/s1. The Bertz CT molecular complexity index is 1460. The lowest BCUT2D eigenvalue weighted by atomic mass is 9.93. The minimum absolute atomic E-state index is 0.225. The lowest BCUT2D eigenvalue weighted by Crippen LogP contribution is -2.42. The summed E-state index contributed by atoms with van der Waals surface area (Å²) >= 11 is 0. The number of carboxylic acid groups (broad SMARTS) is 1. The van der Waals surface area contributed by atoms with Crippen LogP contribution in [0.1, 0.15) is 71.7 Å². The summed E-state index contributed by atoms with van der Waals surface area (Å²) in [6.45, 7) is 5.05. The third-order valence-corrected chi connectivity index (χ3v) is 7.86. The fourth-order valence-corrected chi connectivity index (χ4v) is 5.32. The quantitative estimate of drug-likeness (QED) is 0.225. The van der Waals surface area contributed by atoms with Gasteiger partial charge in [-0.25, -0.2) is 13.2 Å². The lowest BCUT2D eigenvalue weighted by Gasteiger charge is -2.19. The zero-order valence-electron chi connectivity index (χ0n) is 25.1. The number of nitrogens with one attached hydrogen (secondary N) is 1. The predicted molar refractivity (Wildman–Crippen MR) is 163 cm³/mol. The second kappa shape index (κ2) is 15.1. The van der Waals surface area contributed by atoms with Crippen molar-refractivity contribution in [2.24, 2.45) is 0 Å². The van der Waals surface area contributed by atoms with E-state index >= 15 is 0 Å². The summed E-state index contributed by atoms with van der Waals surface area (Å²) in [7, 11) is 0.577. The van der Waals surface area contributed by atoms with E-state index in [-0.39, 0.29) is 24.9 Å². The van der Waals surface area contributed by atoms with E-state index in [4.69, 9.17) is 9.15 Å². The highest BCUT2D eigenvalue weighted by molar-refractivity contribution is 7.90. The minimum Gasteiger partial charge on any atom is -0.480 e. The molecule has 228 valence electrons. The molecular weight excluding hydrogens is 556 g/mol. The van der Waals surface area contributed by atoms with E-state index in [2.05, 4.69) is 12.2 Å². The first-order valence-electron chi connectivity index (χ1n) is 14.1. The number of furan rings is 1. The molecule has 1 aromatic heterocycles. The van der Waals surface area contributed by atoms with Crippen LogP contribution in [0.3, 0.4) is 0 Å². The maximum atomic E-state index is 13.4. The van der Waals surface area contributed by atoms with Gasteiger partial charge in [0.05, 0.1) is 18.9 Å². The molecule has 0 aliphatic heterocycles. The molecule has 2 atom stereocenters. The van der Waals surface area contributed by atoms with E-state index in [1.165, 1.54) is 0 Å². The number of carbonyl (C=O) groups excluding carboxylic acids is 1. The maximum absolute atomic E-state index is 13.4. The average Bonchev–Trinajstić information content (AvgIpc) is 3.38. The summed E-state index contributed by atoms with van der Waals surface area (Å²) in [5.74, 6) is -0.583. The number of carboxylic acids is 1. The Morgan fingerprint density at radius 2 is 1.79 bits per heavy atom. The number of sulfone groups is 1. The zero-order chi connectivity index (χ0) is 30.9. The van der Waals surface area contributed by atoms with Gasteiger partial charge in [0, 0.05) is 11.8 Å². The second-order valence-corrected chi connectivity index (χ2v) is 13.2. The third kappa shape index (κ3) is 9.82. The second-order valence-electron chi connectivity index (χ2n) is 11.0. The van der Waals surface area contributed by atoms with Crippen LogP contribution in [0.4, 0.5) is 0 Å². The van der Waals surface area contributed by atoms with Gasteiger partial charge in [0.1, 0.15) is 33.5 Å². The summed E-state index contributed by atoms with van der Waals surface area (Å²) in [6.07, 6.45) is 3.39. The van der Waals surface area contributed by atoms with Gasteiger partial charge in [0.2, 0.25) is 0 Å². The van der Waals surface area contributed by atoms with Crippen molar-refractivity contribution < 1.29 is 32.3 Å². The third-order valence-electron chi connectivity index (χ3n) is 6.89. The van der Waals surface area contributed by atoms with Crippen LogP contribution < -0.4 is 5.32 Å². The molecule has 3 rings (SSSR count). The van der Waals surface area contributed by atoms with E-state index in [0.717, 1.165) is 53.7 Å². The SMILES string of the molecule is CCCC[C@H](OCc1ccc(C(=O)N[C@@H](CCS(C)(=O)=O)C(=O)O)c(-c2ccccc2C)c1)c1ccc(CN(C)C)o1. The van der Waals surface area contributed by atoms with Crippen molar-refractivity contribution in [2.75, 3.05) is 26.1 Å². The number of rotatable bonds is 16. The maximum Gasteiger partial charge on any atom is 0.326 e. The first-order valence-corrected chi connectivity index (χ1v) is 16.2. The summed E-state index contributed by atoms with van der Waals surface area (Å²) in [5.41, 5.74) is 3.55. The number of hydrogen-bond donors (Lipinski definition) is 2. The van der Waals surface area contributed by atoms with Gasteiger partial charge in [-0.3, -0.25) is 4.79 Å². The van der Waals surface area contributed by atoms with Gasteiger partial charge < -0.3 is 24.5 Å². The highest BCUT2D eigenvalue weighted by Crippen LogP contribution is 2.31. The molecule has 0 saturated carbocycles. The fraction of sp³-hybridized carbons (Fsp3) is 0.438. The van der Waals surface area contributed by atoms with Gasteiger partial charge >= 0.3 is 5.97 Å². The minimum atomic E-state index is -3.40. The molecule has 0 saturated heterocycles. The van der Waals surface area contributed by atoms with Crippen molar-refractivity contribution in [3.63, 3.8) is 0 Å².